The van der Waals surface area contributed by atoms with E-state index in [1.165, 1.54) is 30.6 Å². The van der Waals surface area contributed by atoms with E-state index >= 15 is 0 Å². The molecule has 0 aliphatic heterocycles. The molecule has 0 amide bonds. The largest absolute Gasteiger partial charge is 0.481 e. The standard InChI is InChI=1S/C39H54O14S2/c1-7-28-8-10-29(11-9-28)22-34(45)51-17-19-53-36(47)38(3,4)25-39(5,37(48)49-6)26-55-21-15-31(41)23-30(40)14-20-54-24-27(2)35(46)52-18-16-50-33(44)13-12-32(42)43/h7-11,27H,1,12-26H2,2-6H3,(H,42,43). The van der Waals surface area contributed by atoms with Crippen molar-refractivity contribution in [1.29, 1.82) is 0 Å². The highest BCUT2D eigenvalue weighted by Crippen LogP contribution is 2.38. The minimum Gasteiger partial charge on any atom is -0.481 e. The molecule has 306 valence electrons. The summed E-state index contributed by atoms with van der Waals surface area (Å²) < 4.78 is 25.5. The van der Waals surface area contributed by atoms with Crippen LogP contribution in [0.3, 0.4) is 0 Å². The van der Waals surface area contributed by atoms with E-state index in [9.17, 15) is 38.4 Å². The van der Waals surface area contributed by atoms with Gasteiger partial charge in [0.05, 0.1) is 49.5 Å². The number of ether oxygens (including phenoxy) is 5. The molecule has 0 heterocycles. The van der Waals surface area contributed by atoms with E-state index in [1.807, 2.05) is 12.1 Å². The average molecular weight is 811 g/mol. The van der Waals surface area contributed by atoms with Gasteiger partial charge in [0.25, 0.3) is 0 Å². The van der Waals surface area contributed by atoms with Crippen LogP contribution < -0.4 is 0 Å². The molecule has 0 spiro atoms. The highest BCUT2D eigenvalue weighted by atomic mass is 32.2. The number of esters is 5. The minimum absolute atomic E-state index is 0.0709. The van der Waals surface area contributed by atoms with E-state index in [2.05, 4.69) is 6.58 Å². The summed E-state index contributed by atoms with van der Waals surface area (Å²) in [6, 6.07) is 7.29. The Bertz CT molecular complexity index is 1470. The third-order valence-corrected chi connectivity index (χ3v) is 10.5. The average Bonchev–Trinajstić information content (AvgIpc) is 3.13. The molecule has 14 nitrogen and oxygen atoms in total. The smallest absolute Gasteiger partial charge is 0.312 e. The number of carbonyl (C=O) groups excluding carboxylic acids is 7. The number of carbonyl (C=O) groups is 8. The molecule has 0 radical (unpaired) electrons. The van der Waals surface area contributed by atoms with Crippen molar-refractivity contribution >= 4 is 77.0 Å². The van der Waals surface area contributed by atoms with Crippen molar-refractivity contribution in [3.63, 3.8) is 0 Å². The van der Waals surface area contributed by atoms with Crippen LogP contribution in [0.2, 0.25) is 0 Å². The molecule has 0 bridgehead atoms. The van der Waals surface area contributed by atoms with Crippen molar-refractivity contribution in [3.8, 4) is 0 Å². The first-order chi connectivity index (χ1) is 25.9. The molecular formula is C39H54O14S2. The minimum atomic E-state index is -1.12. The number of methoxy groups -OCH3 is 1. The summed E-state index contributed by atoms with van der Waals surface area (Å²) in [5, 5.41) is 8.56. The predicted octanol–water partition coefficient (Wildman–Crippen LogP) is 4.92. The number of hydrogen-bond donors (Lipinski definition) is 1. The van der Waals surface area contributed by atoms with E-state index in [0.29, 0.717) is 17.3 Å². The van der Waals surface area contributed by atoms with Gasteiger partial charge >= 0.3 is 35.8 Å². The molecule has 0 aliphatic carbocycles. The number of carboxylic acid groups (broad SMARTS) is 1. The Morgan fingerprint density at radius 1 is 0.764 bits per heavy atom. The van der Waals surface area contributed by atoms with Gasteiger partial charge in [0, 0.05) is 35.9 Å². The molecule has 1 rings (SSSR count). The van der Waals surface area contributed by atoms with Crippen LogP contribution in [0.5, 0.6) is 0 Å². The third kappa shape index (κ3) is 20.9. The van der Waals surface area contributed by atoms with Gasteiger partial charge in [0.15, 0.2) is 0 Å². The Morgan fingerprint density at radius 3 is 1.91 bits per heavy atom. The number of thioether (sulfide) groups is 2. The number of ketones is 2. The molecule has 0 fully saturated rings. The fraction of sp³-hybridized carbons (Fsp3) is 0.590. The number of carboxylic acids is 1. The predicted molar refractivity (Wildman–Crippen MR) is 207 cm³/mol. The zero-order valence-corrected chi connectivity index (χ0v) is 34.0. The molecule has 1 N–H and O–H groups in total. The molecule has 1 aromatic carbocycles. The first-order valence-electron chi connectivity index (χ1n) is 17.8. The van der Waals surface area contributed by atoms with Gasteiger partial charge in [0.2, 0.25) is 0 Å². The van der Waals surface area contributed by atoms with E-state index < -0.39 is 52.6 Å². The normalized spacial score (nSPS) is 12.7. The van der Waals surface area contributed by atoms with E-state index in [-0.39, 0.29) is 88.7 Å². The summed E-state index contributed by atoms with van der Waals surface area (Å²) in [6.45, 7) is 9.72. The maximum atomic E-state index is 13.0. The van der Waals surface area contributed by atoms with Crippen LogP contribution in [0.15, 0.2) is 30.8 Å². The van der Waals surface area contributed by atoms with Crippen LogP contribution in [0, 0.1) is 16.7 Å². The van der Waals surface area contributed by atoms with Crippen molar-refractivity contribution < 1.29 is 67.1 Å². The van der Waals surface area contributed by atoms with Gasteiger partial charge in [-0.05, 0) is 38.3 Å². The molecule has 0 aliphatic rings. The van der Waals surface area contributed by atoms with Gasteiger partial charge in [-0.1, -0.05) is 43.8 Å². The van der Waals surface area contributed by atoms with Gasteiger partial charge < -0.3 is 28.8 Å². The van der Waals surface area contributed by atoms with Gasteiger partial charge in [-0.2, -0.15) is 23.5 Å². The molecule has 0 saturated heterocycles. The Hall–Kier alpha value is -4.18. The van der Waals surface area contributed by atoms with Crippen molar-refractivity contribution in [1.82, 2.24) is 0 Å². The molecule has 0 saturated carbocycles. The van der Waals surface area contributed by atoms with E-state index in [0.717, 1.165) is 11.1 Å². The number of Topliss-reactive ketones (excluding diaryl/α,β-unsaturated/α-hetero) is 2. The van der Waals surface area contributed by atoms with Crippen LogP contribution in [-0.2, 0) is 68.5 Å². The summed E-state index contributed by atoms with van der Waals surface area (Å²) >= 11 is 2.70. The molecule has 16 heteroatoms. The zero-order chi connectivity index (χ0) is 41.4. The maximum absolute atomic E-state index is 13.0. The molecule has 2 atom stereocenters. The van der Waals surface area contributed by atoms with Crippen molar-refractivity contribution in [2.75, 3.05) is 56.5 Å². The van der Waals surface area contributed by atoms with E-state index in [4.69, 9.17) is 28.8 Å². The van der Waals surface area contributed by atoms with Crippen LogP contribution in [0.25, 0.3) is 6.08 Å². The lowest BCUT2D eigenvalue weighted by Crippen LogP contribution is -2.40. The number of benzene rings is 1. The fourth-order valence-electron chi connectivity index (χ4n) is 5.07. The lowest BCUT2D eigenvalue weighted by atomic mass is 9.75. The first-order valence-corrected chi connectivity index (χ1v) is 20.1. The number of rotatable bonds is 29. The monoisotopic (exact) mass is 810 g/mol. The fourth-order valence-corrected chi connectivity index (χ4v) is 7.28. The van der Waals surface area contributed by atoms with Crippen LogP contribution in [-0.4, -0.2) is 109 Å². The van der Waals surface area contributed by atoms with E-state index in [1.54, 1.807) is 45.9 Å². The van der Waals surface area contributed by atoms with Crippen LogP contribution >= 0.6 is 23.5 Å². The maximum Gasteiger partial charge on any atom is 0.312 e. The number of hydrogen-bond acceptors (Lipinski definition) is 15. The second-order valence-corrected chi connectivity index (χ2v) is 15.9. The zero-order valence-electron chi connectivity index (χ0n) is 32.3. The summed E-state index contributed by atoms with van der Waals surface area (Å²) in [5.74, 6) is -3.43. The lowest BCUT2D eigenvalue weighted by Gasteiger charge is -2.33. The van der Waals surface area contributed by atoms with Crippen LogP contribution in [0.1, 0.15) is 77.3 Å². The number of aliphatic carboxylic acids is 1. The Balaban J connectivity index is 2.36. The lowest BCUT2D eigenvalue weighted by molar-refractivity contribution is -0.163. The second-order valence-electron chi connectivity index (χ2n) is 13.7. The SMILES string of the molecule is C=Cc1ccc(CC(=O)OCCOC(=O)C(C)(C)CC(C)(CSCCC(=O)CC(=O)CCSCC(C)C(=O)OCCOC(=O)CCC(=O)O)C(=O)OC)cc1. The quantitative estimate of drug-likeness (QED) is 0.0494. The van der Waals surface area contributed by atoms with Crippen LogP contribution in [0.4, 0.5) is 0 Å². The molecular weight excluding hydrogens is 757 g/mol. The molecule has 2 unspecified atom stereocenters. The Kier molecular flexibility index (Phi) is 22.9. The Morgan fingerprint density at radius 2 is 1.33 bits per heavy atom. The van der Waals surface area contributed by atoms with Crippen molar-refractivity contribution in [3.05, 3.63) is 42.0 Å². The summed E-state index contributed by atoms with van der Waals surface area (Å²) in [7, 11) is 1.26. The van der Waals surface area contributed by atoms with Gasteiger partial charge in [-0.3, -0.25) is 38.4 Å². The first kappa shape index (κ1) is 48.8. The summed E-state index contributed by atoms with van der Waals surface area (Å²) in [6.07, 6.45) is 1.28. The second kappa shape index (κ2) is 25.8. The highest BCUT2D eigenvalue weighted by molar-refractivity contribution is 7.99. The van der Waals surface area contributed by atoms with Crippen molar-refractivity contribution in [2.24, 2.45) is 16.7 Å². The molecule has 1 aromatic rings. The molecule has 55 heavy (non-hydrogen) atoms. The Labute approximate surface area is 331 Å². The summed E-state index contributed by atoms with van der Waals surface area (Å²) in [5.41, 5.74) is -0.481. The van der Waals surface area contributed by atoms with Gasteiger partial charge in [-0.25, -0.2) is 0 Å². The molecule has 0 aromatic heterocycles. The highest BCUT2D eigenvalue weighted by Gasteiger charge is 2.43. The third-order valence-electron chi connectivity index (χ3n) is 7.98. The summed E-state index contributed by atoms with van der Waals surface area (Å²) in [4.78, 5) is 96.8. The topological polar surface area (TPSA) is 203 Å². The van der Waals surface area contributed by atoms with Crippen molar-refractivity contribution in [2.45, 2.75) is 72.6 Å². The van der Waals surface area contributed by atoms with Gasteiger partial charge in [0.1, 0.15) is 38.0 Å². The van der Waals surface area contributed by atoms with Gasteiger partial charge in [-0.15, -0.1) is 0 Å².